The lowest BCUT2D eigenvalue weighted by Crippen LogP contribution is -2.44. The Kier molecular flexibility index (Phi) is 4.86. The third kappa shape index (κ3) is 4.62. The first kappa shape index (κ1) is 16.1. The summed E-state index contributed by atoms with van der Waals surface area (Å²) in [4.78, 5) is 17.9. The molecule has 0 aromatic carbocycles. The highest BCUT2D eigenvalue weighted by Crippen LogP contribution is 2.18. The zero-order chi connectivity index (χ0) is 16.2. The molecule has 1 amide bonds. The lowest BCUT2D eigenvalue weighted by Gasteiger charge is -2.33. The van der Waals surface area contributed by atoms with Crippen LogP contribution in [0.4, 0.5) is 10.6 Å². The molecule has 22 heavy (non-hydrogen) atoms. The largest absolute Gasteiger partial charge is 0.444 e. The van der Waals surface area contributed by atoms with Gasteiger partial charge in [0.05, 0.1) is 5.56 Å². The summed E-state index contributed by atoms with van der Waals surface area (Å²) < 4.78 is 5.38. The van der Waals surface area contributed by atoms with Crippen molar-refractivity contribution in [3.8, 4) is 6.07 Å². The van der Waals surface area contributed by atoms with Crippen molar-refractivity contribution in [1.29, 1.82) is 5.26 Å². The molecule has 0 spiro atoms. The number of anilines is 1. The Balaban J connectivity index is 1.82. The molecule has 1 aromatic rings. The Morgan fingerprint density at radius 3 is 2.59 bits per heavy atom. The number of aromatic nitrogens is 1. The first-order valence-electron chi connectivity index (χ1n) is 7.48. The topological polar surface area (TPSA) is 78.2 Å². The minimum Gasteiger partial charge on any atom is -0.444 e. The van der Waals surface area contributed by atoms with Crippen molar-refractivity contribution in [3.63, 3.8) is 0 Å². The number of pyridine rings is 1. The lowest BCUT2D eigenvalue weighted by molar-refractivity contribution is 0.0210. The van der Waals surface area contributed by atoms with E-state index in [2.05, 4.69) is 10.3 Å². The number of likely N-dealkylation sites (tertiary alicyclic amines) is 1. The van der Waals surface area contributed by atoms with Gasteiger partial charge in [-0.25, -0.2) is 9.78 Å². The Morgan fingerprint density at radius 2 is 2.09 bits per heavy atom. The summed E-state index contributed by atoms with van der Waals surface area (Å²) in [5, 5.41) is 12.1. The fourth-order valence-corrected chi connectivity index (χ4v) is 2.29. The second-order valence-electron chi connectivity index (χ2n) is 6.43. The summed E-state index contributed by atoms with van der Waals surface area (Å²) in [6, 6.07) is 5.87. The molecular weight excluding hydrogens is 280 g/mol. The third-order valence-corrected chi connectivity index (χ3v) is 3.39. The summed E-state index contributed by atoms with van der Waals surface area (Å²) in [5.74, 6) is 0.759. The van der Waals surface area contributed by atoms with Gasteiger partial charge in [-0.05, 0) is 45.7 Å². The van der Waals surface area contributed by atoms with Crippen LogP contribution < -0.4 is 5.32 Å². The van der Waals surface area contributed by atoms with E-state index in [1.807, 2.05) is 26.8 Å². The summed E-state index contributed by atoms with van der Waals surface area (Å²) >= 11 is 0. The number of amides is 1. The molecule has 118 valence electrons. The van der Waals surface area contributed by atoms with Crippen LogP contribution in [0.1, 0.15) is 39.2 Å². The van der Waals surface area contributed by atoms with Crippen LogP contribution in [0, 0.1) is 11.3 Å². The Bertz CT molecular complexity index is 549. The van der Waals surface area contributed by atoms with E-state index < -0.39 is 5.60 Å². The van der Waals surface area contributed by atoms with Crippen LogP contribution in [-0.2, 0) is 4.74 Å². The van der Waals surface area contributed by atoms with Crippen LogP contribution in [0.25, 0.3) is 0 Å². The summed E-state index contributed by atoms with van der Waals surface area (Å²) in [5.41, 5.74) is 0.0868. The molecular formula is C16H22N4O2. The normalized spacial score (nSPS) is 16.0. The number of carbonyl (C=O) groups excluding carboxylic acids is 1. The molecule has 1 saturated heterocycles. The lowest BCUT2D eigenvalue weighted by atomic mass is 10.1. The standard InChI is InChI=1S/C16H22N4O2/c1-16(2,3)22-15(21)20-8-6-13(7-9-20)19-14-5-4-12(10-17)11-18-14/h4-5,11,13H,6-9H2,1-3H3,(H,18,19). The van der Waals surface area contributed by atoms with Crippen molar-refractivity contribution in [2.45, 2.75) is 45.3 Å². The Hall–Kier alpha value is -2.29. The van der Waals surface area contributed by atoms with Crippen molar-refractivity contribution < 1.29 is 9.53 Å². The van der Waals surface area contributed by atoms with Crippen molar-refractivity contribution in [3.05, 3.63) is 23.9 Å². The first-order valence-corrected chi connectivity index (χ1v) is 7.48. The van der Waals surface area contributed by atoms with Gasteiger partial charge in [-0.2, -0.15) is 5.26 Å². The van der Waals surface area contributed by atoms with Gasteiger partial charge >= 0.3 is 6.09 Å². The molecule has 0 unspecified atom stereocenters. The van der Waals surface area contributed by atoms with E-state index in [-0.39, 0.29) is 12.1 Å². The van der Waals surface area contributed by atoms with Crippen LogP contribution in [0.2, 0.25) is 0 Å². The maximum atomic E-state index is 12.0. The molecule has 0 aliphatic carbocycles. The van der Waals surface area contributed by atoms with Gasteiger partial charge in [-0.1, -0.05) is 0 Å². The van der Waals surface area contributed by atoms with E-state index >= 15 is 0 Å². The Morgan fingerprint density at radius 1 is 1.41 bits per heavy atom. The Labute approximate surface area is 131 Å². The number of hydrogen-bond donors (Lipinski definition) is 1. The van der Waals surface area contributed by atoms with Gasteiger partial charge in [-0.15, -0.1) is 0 Å². The molecule has 1 fully saturated rings. The zero-order valence-corrected chi connectivity index (χ0v) is 13.3. The van der Waals surface area contributed by atoms with Crippen LogP contribution in [0.5, 0.6) is 0 Å². The summed E-state index contributed by atoms with van der Waals surface area (Å²) in [6.07, 6.45) is 3.00. The molecule has 1 aromatic heterocycles. The highest BCUT2D eigenvalue weighted by atomic mass is 16.6. The second kappa shape index (κ2) is 6.65. The van der Waals surface area contributed by atoms with Gasteiger partial charge in [0.2, 0.25) is 0 Å². The van der Waals surface area contributed by atoms with Crippen LogP contribution in [0.3, 0.4) is 0 Å². The van der Waals surface area contributed by atoms with Gasteiger partial charge in [0, 0.05) is 25.3 Å². The van der Waals surface area contributed by atoms with Gasteiger partial charge in [-0.3, -0.25) is 0 Å². The SMILES string of the molecule is CC(C)(C)OC(=O)N1CCC(Nc2ccc(C#N)cn2)CC1. The van der Waals surface area contributed by atoms with Crippen LogP contribution >= 0.6 is 0 Å². The van der Waals surface area contributed by atoms with Gasteiger partial charge in [0.25, 0.3) is 0 Å². The molecule has 1 aliphatic rings. The van der Waals surface area contributed by atoms with Gasteiger partial charge in [0.1, 0.15) is 17.5 Å². The number of carbonyl (C=O) groups is 1. The fraction of sp³-hybridized carbons (Fsp3) is 0.562. The molecule has 6 heteroatoms. The maximum Gasteiger partial charge on any atom is 0.410 e. The minimum atomic E-state index is -0.460. The van der Waals surface area contributed by atoms with Crippen LogP contribution in [0.15, 0.2) is 18.3 Å². The summed E-state index contributed by atoms with van der Waals surface area (Å²) in [6.45, 7) is 6.95. The average Bonchev–Trinajstić information content (AvgIpc) is 2.47. The molecule has 2 rings (SSSR count). The van der Waals surface area contributed by atoms with Gasteiger partial charge < -0.3 is 15.0 Å². The summed E-state index contributed by atoms with van der Waals surface area (Å²) in [7, 11) is 0. The van der Waals surface area contributed by atoms with Gasteiger partial charge in [0.15, 0.2) is 0 Å². The molecule has 0 atom stereocenters. The van der Waals surface area contributed by atoms with E-state index in [0.29, 0.717) is 18.7 Å². The molecule has 2 heterocycles. The molecule has 0 saturated carbocycles. The van der Waals surface area contributed by atoms with Crippen molar-refractivity contribution in [1.82, 2.24) is 9.88 Å². The molecule has 6 nitrogen and oxygen atoms in total. The smallest absolute Gasteiger partial charge is 0.410 e. The molecule has 0 radical (unpaired) electrons. The van der Waals surface area contributed by atoms with E-state index in [1.54, 1.807) is 23.2 Å². The first-order chi connectivity index (χ1) is 10.4. The highest BCUT2D eigenvalue weighted by molar-refractivity contribution is 5.68. The fourth-order valence-electron chi connectivity index (χ4n) is 2.29. The van der Waals surface area contributed by atoms with E-state index in [1.165, 1.54) is 0 Å². The van der Waals surface area contributed by atoms with E-state index in [4.69, 9.17) is 10.00 Å². The average molecular weight is 302 g/mol. The van der Waals surface area contributed by atoms with Crippen LogP contribution in [-0.4, -0.2) is 40.7 Å². The quantitative estimate of drug-likeness (QED) is 0.908. The number of rotatable bonds is 2. The molecule has 1 aliphatic heterocycles. The second-order valence-corrected chi connectivity index (χ2v) is 6.43. The predicted molar refractivity (Wildman–Crippen MR) is 83.4 cm³/mol. The highest BCUT2D eigenvalue weighted by Gasteiger charge is 2.26. The maximum absolute atomic E-state index is 12.0. The monoisotopic (exact) mass is 302 g/mol. The number of nitrogens with zero attached hydrogens (tertiary/aromatic N) is 3. The molecule has 1 N–H and O–H groups in total. The predicted octanol–water partition coefficient (Wildman–Crippen LogP) is 2.76. The number of ether oxygens (including phenoxy) is 1. The zero-order valence-electron chi connectivity index (χ0n) is 13.3. The number of nitrogens with one attached hydrogen (secondary N) is 1. The van der Waals surface area contributed by atoms with Crippen molar-refractivity contribution >= 4 is 11.9 Å². The number of piperidine rings is 1. The third-order valence-electron chi connectivity index (χ3n) is 3.39. The van der Waals surface area contributed by atoms with Crippen molar-refractivity contribution in [2.24, 2.45) is 0 Å². The number of hydrogen-bond acceptors (Lipinski definition) is 5. The number of nitriles is 1. The molecule has 0 bridgehead atoms. The van der Waals surface area contributed by atoms with E-state index in [0.717, 1.165) is 18.7 Å². The van der Waals surface area contributed by atoms with Crippen molar-refractivity contribution in [2.75, 3.05) is 18.4 Å². The van der Waals surface area contributed by atoms with E-state index in [9.17, 15) is 4.79 Å². The minimum absolute atomic E-state index is 0.248.